The summed E-state index contributed by atoms with van der Waals surface area (Å²) < 4.78 is 0. The molecule has 0 fully saturated rings. The van der Waals surface area contributed by atoms with Crippen LogP contribution in [0, 0.1) is 0 Å². The van der Waals surface area contributed by atoms with E-state index in [1.54, 1.807) is 23.9 Å². The number of nitrogens with zero attached hydrogens (tertiary/aromatic N) is 1. The first-order chi connectivity index (χ1) is 13.2. The Hall–Kier alpha value is -2.60. The molecule has 4 nitrogen and oxygen atoms in total. The highest BCUT2D eigenvalue weighted by Crippen LogP contribution is 2.41. The molecule has 4 rings (SSSR count). The number of benzene rings is 3. The van der Waals surface area contributed by atoms with Gasteiger partial charge in [0.15, 0.2) is 0 Å². The monoisotopic (exact) mass is 394 g/mol. The van der Waals surface area contributed by atoms with Crippen molar-refractivity contribution in [3.8, 4) is 0 Å². The molecule has 0 atom stereocenters. The summed E-state index contributed by atoms with van der Waals surface area (Å²) in [6.07, 6.45) is 0. The van der Waals surface area contributed by atoms with Crippen LogP contribution in [-0.4, -0.2) is 18.7 Å². The van der Waals surface area contributed by atoms with E-state index in [1.807, 2.05) is 42.5 Å². The van der Waals surface area contributed by atoms with E-state index in [2.05, 4.69) is 17.6 Å². The van der Waals surface area contributed by atoms with E-state index in [0.29, 0.717) is 10.6 Å². The SMILES string of the molecule is CONC(=O)c1ccc2c(c1)N=C(c1ccc(Cl)cc1)c1ccccc1S2. The average molecular weight is 395 g/mol. The smallest absolute Gasteiger partial charge is 0.274 e. The number of hydroxylamine groups is 1. The zero-order valence-corrected chi connectivity index (χ0v) is 16.0. The number of carbonyl (C=O) groups excluding carboxylic acids is 1. The van der Waals surface area contributed by atoms with Gasteiger partial charge in [-0.2, -0.15) is 0 Å². The Kier molecular flexibility index (Phi) is 4.99. The highest BCUT2D eigenvalue weighted by molar-refractivity contribution is 7.99. The molecule has 0 saturated heterocycles. The fourth-order valence-electron chi connectivity index (χ4n) is 2.86. The molecule has 0 radical (unpaired) electrons. The molecule has 3 aromatic carbocycles. The van der Waals surface area contributed by atoms with Gasteiger partial charge in [0.2, 0.25) is 0 Å². The van der Waals surface area contributed by atoms with Gasteiger partial charge in [-0.15, -0.1) is 0 Å². The predicted octanol–water partition coefficient (Wildman–Crippen LogP) is 5.26. The minimum Gasteiger partial charge on any atom is -0.277 e. The molecule has 134 valence electrons. The second-order valence-electron chi connectivity index (χ2n) is 5.88. The molecule has 1 N–H and O–H groups in total. The van der Waals surface area contributed by atoms with Crippen molar-refractivity contribution in [3.05, 3.63) is 88.4 Å². The van der Waals surface area contributed by atoms with Crippen LogP contribution in [0.15, 0.2) is 81.5 Å². The van der Waals surface area contributed by atoms with Gasteiger partial charge >= 0.3 is 0 Å². The summed E-state index contributed by atoms with van der Waals surface area (Å²) in [6.45, 7) is 0. The largest absolute Gasteiger partial charge is 0.277 e. The fourth-order valence-corrected chi connectivity index (χ4v) is 3.99. The molecule has 3 aromatic rings. The Morgan fingerprint density at radius 1 is 1.04 bits per heavy atom. The number of rotatable bonds is 3. The minimum atomic E-state index is -0.310. The third-order valence-corrected chi connectivity index (χ3v) is 5.52. The molecule has 1 aliphatic heterocycles. The Bertz CT molecular complexity index is 1050. The van der Waals surface area contributed by atoms with Crippen molar-refractivity contribution in [1.29, 1.82) is 0 Å². The maximum atomic E-state index is 12.1. The Morgan fingerprint density at radius 2 is 1.81 bits per heavy atom. The molecular formula is C21H15ClN2O2S. The lowest BCUT2D eigenvalue weighted by Gasteiger charge is -2.09. The zero-order chi connectivity index (χ0) is 18.8. The lowest BCUT2D eigenvalue weighted by atomic mass is 10.0. The van der Waals surface area contributed by atoms with E-state index in [4.69, 9.17) is 21.4 Å². The quantitative estimate of drug-likeness (QED) is 0.482. The van der Waals surface area contributed by atoms with E-state index in [9.17, 15) is 4.79 Å². The second kappa shape index (κ2) is 7.56. The molecule has 27 heavy (non-hydrogen) atoms. The van der Waals surface area contributed by atoms with E-state index in [0.717, 1.165) is 32.3 Å². The molecule has 0 unspecified atom stereocenters. The third kappa shape index (κ3) is 3.62. The number of amides is 1. The van der Waals surface area contributed by atoms with Gasteiger partial charge < -0.3 is 0 Å². The summed E-state index contributed by atoms with van der Waals surface area (Å²) in [5, 5.41) is 0.676. The summed E-state index contributed by atoms with van der Waals surface area (Å²) in [6, 6.07) is 21.2. The molecule has 0 bridgehead atoms. The Labute approximate surface area is 166 Å². The summed E-state index contributed by atoms with van der Waals surface area (Å²) in [5.74, 6) is -0.310. The molecule has 1 aliphatic rings. The summed E-state index contributed by atoms with van der Waals surface area (Å²) in [4.78, 5) is 23.9. The van der Waals surface area contributed by atoms with Crippen molar-refractivity contribution in [1.82, 2.24) is 5.48 Å². The van der Waals surface area contributed by atoms with Crippen LogP contribution >= 0.6 is 23.4 Å². The number of halogens is 1. The van der Waals surface area contributed by atoms with Crippen molar-refractivity contribution in [2.75, 3.05) is 7.11 Å². The normalized spacial score (nSPS) is 12.4. The van der Waals surface area contributed by atoms with Gasteiger partial charge in [0.1, 0.15) is 0 Å². The first-order valence-corrected chi connectivity index (χ1v) is 9.44. The van der Waals surface area contributed by atoms with Gasteiger partial charge in [-0.1, -0.05) is 53.7 Å². The maximum absolute atomic E-state index is 12.1. The van der Waals surface area contributed by atoms with Crippen molar-refractivity contribution in [3.63, 3.8) is 0 Å². The molecule has 1 heterocycles. The van der Waals surface area contributed by atoms with Gasteiger partial charge in [-0.3, -0.25) is 9.63 Å². The minimum absolute atomic E-state index is 0.310. The third-order valence-electron chi connectivity index (χ3n) is 4.13. The van der Waals surface area contributed by atoms with Crippen molar-refractivity contribution in [2.45, 2.75) is 9.79 Å². The average Bonchev–Trinajstić information content (AvgIpc) is 2.85. The first-order valence-electron chi connectivity index (χ1n) is 8.25. The number of hydrogen-bond acceptors (Lipinski definition) is 4. The highest BCUT2D eigenvalue weighted by atomic mass is 35.5. The number of carbonyl (C=O) groups is 1. The Balaban J connectivity index is 1.89. The summed E-state index contributed by atoms with van der Waals surface area (Å²) >= 11 is 7.68. The van der Waals surface area contributed by atoms with Crippen molar-refractivity contribution >= 4 is 40.7 Å². The number of nitrogens with one attached hydrogen (secondary N) is 1. The fraction of sp³-hybridized carbons (Fsp3) is 0.0476. The first kappa shape index (κ1) is 17.8. The topological polar surface area (TPSA) is 50.7 Å². The zero-order valence-electron chi connectivity index (χ0n) is 14.4. The van der Waals surface area contributed by atoms with Gasteiger partial charge in [-0.25, -0.2) is 10.5 Å². The van der Waals surface area contributed by atoms with Gasteiger partial charge in [0.25, 0.3) is 5.91 Å². The molecule has 0 aliphatic carbocycles. The van der Waals surface area contributed by atoms with Crippen molar-refractivity contribution < 1.29 is 9.63 Å². The summed E-state index contributed by atoms with van der Waals surface area (Å²) in [7, 11) is 1.41. The lowest BCUT2D eigenvalue weighted by molar-refractivity contribution is 0.0537. The second-order valence-corrected chi connectivity index (χ2v) is 7.40. The van der Waals surface area contributed by atoms with E-state index in [1.165, 1.54) is 7.11 Å². The van der Waals surface area contributed by atoms with Crippen LogP contribution in [0.1, 0.15) is 21.5 Å². The number of aliphatic imine (C=N–C) groups is 1. The molecule has 1 amide bonds. The molecule has 6 heteroatoms. The van der Waals surface area contributed by atoms with Crippen LogP contribution < -0.4 is 5.48 Å². The van der Waals surface area contributed by atoms with Gasteiger partial charge in [0.05, 0.1) is 18.5 Å². The van der Waals surface area contributed by atoms with E-state index in [-0.39, 0.29) is 5.91 Å². The standard InChI is InChI=1S/C21H15ClN2O2S/c1-26-24-21(25)14-8-11-19-17(12-14)23-20(13-6-9-15(22)10-7-13)16-4-2-3-5-18(16)27-19/h2-12H,1H3,(H,24,25). The van der Waals surface area contributed by atoms with Crippen LogP contribution in [0.2, 0.25) is 5.02 Å². The van der Waals surface area contributed by atoms with E-state index >= 15 is 0 Å². The molecule has 0 aromatic heterocycles. The van der Waals surface area contributed by atoms with Crippen LogP contribution in [0.5, 0.6) is 0 Å². The van der Waals surface area contributed by atoms with Crippen LogP contribution in [0.3, 0.4) is 0 Å². The van der Waals surface area contributed by atoms with Gasteiger partial charge in [-0.05, 0) is 36.4 Å². The van der Waals surface area contributed by atoms with Crippen LogP contribution in [0.25, 0.3) is 0 Å². The van der Waals surface area contributed by atoms with E-state index < -0.39 is 0 Å². The lowest BCUT2D eigenvalue weighted by Crippen LogP contribution is -2.21. The molecule has 0 saturated carbocycles. The number of fused-ring (bicyclic) bond motifs is 2. The van der Waals surface area contributed by atoms with Crippen LogP contribution in [0.4, 0.5) is 5.69 Å². The molecular weight excluding hydrogens is 380 g/mol. The number of hydrogen-bond donors (Lipinski definition) is 1. The predicted molar refractivity (Wildman–Crippen MR) is 108 cm³/mol. The van der Waals surface area contributed by atoms with Crippen molar-refractivity contribution in [2.24, 2.45) is 4.99 Å². The molecule has 0 spiro atoms. The highest BCUT2D eigenvalue weighted by Gasteiger charge is 2.19. The van der Waals surface area contributed by atoms with Crippen LogP contribution in [-0.2, 0) is 4.84 Å². The Morgan fingerprint density at radius 3 is 2.59 bits per heavy atom. The van der Waals surface area contributed by atoms with Gasteiger partial charge in [0, 0.05) is 31.5 Å². The maximum Gasteiger partial charge on any atom is 0.274 e. The summed E-state index contributed by atoms with van der Waals surface area (Å²) in [5.41, 5.74) is 6.43.